The van der Waals surface area contributed by atoms with E-state index in [1.54, 1.807) is 0 Å². The molecule has 0 bridgehead atoms. The molecule has 1 N–H and O–H groups in total. The molecule has 112 valence electrons. The molecule has 0 atom stereocenters. The molecule has 4 heteroatoms. The highest BCUT2D eigenvalue weighted by atomic mass is 16.5. The largest absolute Gasteiger partial charge is 0.457 e. The summed E-state index contributed by atoms with van der Waals surface area (Å²) in [4.78, 5) is 0. The summed E-state index contributed by atoms with van der Waals surface area (Å²) >= 11 is 0. The average molecular weight is 294 g/mol. The van der Waals surface area contributed by atoms with Crippen LogP contribution in [0, 0.1) is 6.92 Å². The van der Waals surface area contributed by atoms with Gasteiger partial charge in [0, 0.05) is 19.2 Å². The molecule has 1 heterocycles. The number of hydrogen-bond donors (Lipinski definition) is 1. The molecule has 1 aromatic heterocycles. The van der Waals surface area contributed by atoms with E-state index in [0.29, 0.717) is 6.54 Å². The number of benzene rings is 2. The molecule has 2 aromatic carbocycles. The number of rotatable bonds is 6. The summed E-state index contributed by atoms with van der Waals surface area (Å²) in [6, 6.07) is 19.8. The van der Waals surface area contributed by atoms with Crippen molar-refractivity contribution in [3.05, 3.63) is 77.7 Å². The molecule has 0 radical (unpaired) electrons. The summed E-state index contributed by atoms with van der Waals surface area (Å²) in [6.07, 6.45) is 0. The van der Waals surface area contributed by atoms with Gasteiger partial charge >= 0.3 is 0 Å². The molecule has 4 nitrogen and oxygen atoms in total. The quantitative estimate of drug-likeness (QED) is 0.744. The fourth-order valence-electron chi connectivity index (χ4n) is 2.18. The van der Waals surface area contributed by atoms with Crippen molar-refractivity contribution in [3.63, 3.8) is 0 Å². The SMILES string of the molecule is Cc1cc(CNCc2cccc(Oc3ccccc3)c2)no1. The van der Waals surface area contributed by atoms with Gasteiger partial charge in [0.05, 0.1) is 5.69 Å². The van der Waals surface area contributed by atoms with Gasteiger partial charge in [-0.2, -0.15) is 0 Å². The maximum Gasteiger partial charge on any atom is 0.133 e. The maximum atomic E-state index is 5.83. The first-order chi connectivity index (χ1) is 10.8. The summed E-state index contributed by atoms with van der Waals surface area (Å²) in [6.45, 7) is 3.32. The maximum absolute atomic E-state index is 5.83. The molecule has 0 fully saturated rings. The number of nitrogens with one attached hydrogen (secondary N) is 1. The number of nitrogens with zero attached hydrogens (tertiary/aromatic N) is 1. The predicted octanol–water partition coefficient (Wildman–Crippen LogP) is 4.07. The second-order valence-corrected chi connectivity index (χ2v) is 5.09. The lowest BCUT2D eigenvalue weighted by Gasteiger charge is -2.08. The zero-order valence-corrected chi connectivity index (χ0v) is 12.5. The van der Waals surface area contributed by atoms with Gasteiger partial charge < -0.3 is 14.6 Å². The van der Waals surface area contributed by atoms with Crippen molar-refractivity contribution in [2.24, 2.45) is 0 Å². The van der Waals surface area contributed by atoms with E-state index >= 15 is 0 Å². The van der Waals surface area contributed by atoms with Gasteiger partial charge in [-0.3, -0.25) is 0 Å². The van der Waals surface area contributed by atoms with E-state index in [-0.39, 0.29) is 0 Å². The first-order valence-corrected chi connectivity index (χ1v) is 7.24. The number of aryl methyl sites for hydroxylation is 1. The molecular weight excluding hydrogens is 276 g/mol. The normalized spacial score (nSPS) is 10.6. The van der Waals surface area contributed by atoms with Crippen LogP contribution in [0.3, 0.4) is 0 Å². The van der Waals surface area contributed by atoms with Crippen molar-refractivity contribution in [3.8, 4) is 11.5 Å². The molecule has 3 rings (SSSR count). The van der Waals surface area contributed by atoms with Crippen molar-refractivity contribution in [2.75, 3.05) is 0 Å². The minimum atomic E-state index is 0.682. The average Bonchev–Trinajstić information content (AvgIpc) is 2.94. The Morgan fingerprint density at radius 3 is 2.55 bits per heavy atom. The summed E-state index contributed by atoms with van der Waals surface area (Å²) in [5.41, 5.74) is 2.07. The Balaban J connectivity index is 1.57. The Kier molecular flexibility index (Phi) is 4.51. The van der Waals surface area contributed by atoms with Crippen molar-refractivity contribution in [1.82, 2.24) is 10.5 Å². The van der Waals surface area contributed by atoms with Crippen LogP contribution in [0.4, 0.5) is 0 Å². The molecular formula is C18H18N2O2. The first kappa shape index (κ1) is 14.4. The van der Waals surface area contributed by atoms with E-state index in [1.165, 1.54) is 0 Å². The van der Waals surface area contributed by atoms with Gasteiger partial charge in [-0.1, -0.05) is 35.5 Å². The summed E-state index contributed by atoms with van der Waals surface area (Å²) < 4.78 is 10.9. The number of para-hydroxylation sites is 1. The highest BCUT2D eigenvalue weighted by Crippen LogP contribution is 2.21. The molecule has 0 aliphatic carbocycles. The fraction of sp³-hybridized carbons (Fsp3) is 0.167. The Morgan fingerprint density at radius 1 is 0.955 bits per heavy atom. The molecule has 0 saturated carbocycles. The predicted molar refractivity (Wildman–Crippen MR) is 84.7 cm³/mol. The van der Waals surface area contributed by atoms with Gasteiger partial charge in [-0.25, -0.2) is 0 Å². The number of hydrogen-bond acceptors (Lipinski definition) is 4. The lowest BCUT2D eigenvalue weighted by Crippen LogP contribution is -2.12. The van der Waals surface area contributed by atoms with Crippen LogP contribution >= 0.6 is 0 Å². The Hall–Kier alpha value is -2.59. The highest BCUT2D eigenvalue weighted by Gasteiger charge is 2.01. The molecule has 0 amide bonds. The van der Waals surface area contributed by atoms with Crippen molar-refractivity contribution >= 4 is 0 Å². The topological polar surface area (TPSA) is 47.3 Å². The minimum Gasteiger partial charge on any atom is -0.457 e. The van der Waals surface area contributed by atoms with E-state index in [0.717, 1.165) is 35.1 Å². The molecule has 22 heavy (non-hydrogen) atoms. The molecule has 0 aliphatic heterocycles. The third-order valence-corrected chi connectivity index (χ3v) is 3.19. The van der Waals surface area contributed by atoms with E-state index < -0.39 is 0 Å². The van der Waals surface area contributed by atoms with Crippen LogP contribution in [-0.4, -0.2) is 5.16 Å². The van der Waals surface area contributed by atoms with Crippen molar-refractivity contribution < 1.29 is 9.26 Å². The van der Waals surface area contributed by atoms with Gasteiger partial charge in [-0.05, 0) is 36.8 Å². The van der Waals surface area contributed by atoms with Gasteiger partial charge in [0.1, 0.15) is 17.3 Å². The highest BCUT2D eigenvalue weighted by molar-refractivity contribution is 5.33. The lowest BCUT2D eigenvalue weighted by atomic mass is 10.2. The summed E-state index contributed by atoms with van der Waals surface area (Å²) in [7, 11) is 0. The van der Waals surface area contributed by atoms with Crippen LogP contribution < -0.4 is 10.1 Å². The van der Waals surface area contributed by atoms with Crippen LogP contribution in [0.25, 0.3) is 0 Å². The third kappa shape index (κ3) is 3.96. The Morgan fingerprint density at radius 2 is 1.77 bits per heavy atom. The minimum absolute atomic E-state index is 0.682. The lowest BCUT2D eigenvalue weighted by molar-refractivity contribution is 0.388. The van der Waals surface area contributed by atoms with E-state index in [4.69, 9.17) is 9.26 Å². The van der Waals surface area contributed by atoms with Crippen LogP contribution in [-0.2, 0) is 13.1 Å². The van der Waals surface area contributed by atoms with Gasteiger partial charge in [0.2, 0.25) is 0 Å². The number of ether oxygens (including phenoxy) is 1. The monoisotopic (exact) mass is 294 g/mol. The number of aromatic nitrogens is 1. The molecule has 0 unspecified atom stereocenters. The van der Waals surface area contributed by atoms with Crippen molar-refractivity contribution in [1.29, 1.82) is 0 Å². The zero-order chi connectivity index (χ0) is 15.2. The van der Waals surface area contributed by atoms with E-state index in [1.807, 2.05) is 61.5 Å². The third-order valence-electron chi connectivity index (χ3n) is 3.19. The van der Waals surface area contributed by atoms with Crippen LogP contribution in [0.2, 0.25) is 0 Å². The second-order valence-electron chi connectivity index (χ2n) is 5.09. The van der Waals surface area contributed by atoms with Gasteiger partial charge in [-0.15, -0.1) is 0 Å². The Bertz CT molecular complexity index is 723. The zero-order valence-electron chi connectivity index (χ0n) is 12.5. The fourth-order valence-corrected chi connectivity index (χ4v) is 2.18. The van der Waals surface area contributed by atoms with E-state index in [2.05, 4.69) is 16.5 Å². The molecule has 0 aliphatic rings. The standard InChI is InChI=1S/C18H18N2O2/c1-14-10-16(20-22-14)13-19-12-15-6-5-9-18(11-15)21-17-7-3-2-4-8-17/h2-11,19H,12-13H2,1H3. The Labute approximate surface area is 129 Å². The van der Waals surface area contributed by atoms with Crippen LogP contribution in [0.5, 0.6) is 11.5 Å². The van der Waals surface area contributed by atoms with Gasteiger partial charge in [0.25, 0.3) is 0 Å². The van der Waals surface area contributed by atoms with Crippen LogP contribution in [0.1, 0.15) is 17.0 Å². The summed E-state index contributed by atoms with van der Waals surface area (Å²) in [5.74, 6) is 2.50. The summed E-state index contributed by atoms with van der Waals surface area (Å²) in [5, 5.41) is 7.30. The molecule has 0 saturated heterocycles. The van der Waals surface area contributed by atoms with Gasteiger partial charge in [0.15, 0.2) is 0 Å². The second kappa shape index (κ2) is 6.91. The van der Waals surface area contributed by atoms with Crippen molar-refractivity contribution in [2.45, 2.75) is 20.0 Å². The van der Waals surface area contributed by atoms with Crippen LogP contribution in [0.15, 0.2) is 65.2 Å². The smallest absolute Gasteiger partial charge is 0.133 e. The first-order valence-electron chi connectivity index (χ1n) is 7.24. The molecule has 3 aromatic rings. The molecule has 0 spiro atoms. The van der Waals surface area contributed by atoms with E-state index in [9.17, 15) is 0 Å².